The highest BCUT2D eigenvalue weighted by molar-refractivity contribution is 6.32. The summed E-state index contributed by atoms with van der Waals surface area (Å²) in [6, 6.07) is 9.98. The van der Waals surface area contributed by atoms with Crippen LogP contribution in [0.25, 0.3) is 38.3 Å². The smallest absolute Gasteiger partial charge is 0.353 e. The molecule has 35 heavy (non-hydrogen) atoms. The van der Waals surface area contributed by atoms with Gasteiger partial charge in [-0.3, -0.25) is 9.78 Å². The third kappa shape index (κ3) is 3.27. The van der Waals surface area contributed by atoms with Crippen LogP contribution >= 0.6 is 11.6 Å². The number of furan rings is 1. The highest BCUT2D eigenvalue weighted by Gasteiger charge is 2.31. The number of ketones is 1. The van der Waals surface area contributed by atoms with Crippen LogP contribution in [0.5, 0.6) is 0 Å². The first-order valence-corrected chi connectivity index (χ1v) is 11.2. The molecular weight excluding hydrogens is 471 g/mol. The molecule has 8 heteroatoms. The van der Waals surface area contributed by atoms with Crippen molar-refractivity contribution in [2.45, 2.75) is 13.0 Å². The van der Waals surface area contributed by atoms with Gasteiger partial charge >= 0.3 is 5.97 Å². The van der Waals surface area contributed by atoms with E-state index in [2.05, 4.69) is 4.98 Å². The molecule has 0 radical (unpaired) electrons. The molecule has 0 spiro atoms. The van der Waals surface area contributed by atoms with Crippen molar-refractivity contribution in [1.82, 2.24) is 9.55 Å². The van der Waals surface area contributed by atoms with Crippen molar-refractivity contribution in [1.29, 1.82) is 0 Å². The van der Waals surface area contributed by atoms with Gasteiger partial charge in [-0.25, -0.2) is 9.18 Å². The number of aromatic nitrogens is 2. The minimum atomic E-state index is -1.25. The maximum absolute atomic E-state index is 15.1. The molecule has 0 amide bonds. The van der Waals surface area contributed by atoms with E-state index in [1.807, 2.05) is 6.07 Å². The number of halogens is 2. The van der Waals surface area contributed by atoms with E-state index in [9.17, 15) is 14.7 Å². The Labute approximate surface area is 202 Å². The molecule has 6 nitrogen and oxygen atoms in total. The van der Waals surface area contributed by atoms with Gasteiger partial charge in [0.1, 0.15) is 17.1 Å². The lowest BCUT2D eigenvalue weighted by Crippen LogP contribution is -2.14. The summed E-state index contributed by atoms with van der Waals surface area (Å²) in [5.41, 5.74) is 2.07. The van der Waals surface area contributed by atoms with Crippen molar-refractivity contribution in [2.75, 3.05) is 0 Å². The van der Waals surface area contributed by atoms with E-state index in [0.29, 0.717) is 21.5 Å². The van der Waals surface area contributed by atoms with Gasteiger partial charge < -0.3 is 14.1 Å². The molecule has 2 aromatic carbocycles. The third-order valence-electron chi connectivity index (χ3n) is 6.29. The van der Waals surface area contributed by atoms with Crippen LogP contribution in [-0.2, 0) is 11.3 Å². The lowest BCUT2D eigenvalue weighted by atomic mass is 9.93. The number of carbonyl (C=O) groups is 2. The van der Waals surface area contributed by atoms with Gasteiger partial charge in [-0.15, -0.1) is 0 Å². The summed E-state index contributed by atoms with van der Waals surface area (Å²) in [6.45, 7) is 0.0203. The molecule has 1 N–H and O–H groups in total. The lowest BCUT2D eigenvalue weighted by molar-refractivity contribution is -0.113. The Hall–Kier alpha value is -4.23. The monoisotopic (exact) mass is 486 g/mol. The molecule has 5 aromatic rings. The molecule has 1 aliphatic carbocycles. The Bertz CT molecular complexity index is 1780. The SMILES string of the molecule is O=C1CC=CC=C1c1c(C(=O)O)n(Cc2cc3ncccc3cc2Cl)c2cc(F)c3ccoc3c12. The summed E-state index contributed by atoms with van der Waals surface area (Å²) in [4.78, 5) is 29.9. The largest absolute Gasteiger partial charge is 0.477 e. The second-order valence-corrected chi connectivity index (χ2v) is 8.71. The van der Waals surface area contributed by atoms with E-state index in [0.717, 1.165) is 5.39 Å². The highest BCUT2D eigenvalue weighted by Crippen LogP contribution is 2.40. The molecule has 0 bridgehead atoms. The Morgan fingerprint density at radius 3 is 2.91 bits per heavy atom. The van der Waals surface area contributed by atoms with Crippen molar-refractivity contribution >= 4 is 61.7 Å². The Balaban J connectivity index is 1.71. The van der Waals surface area contributed by atoms with Crippen LogP contribution in [-0.4, -0.2) is 26.4 Å². The second kappa shape index (κ2) is 7.92. The van der Waals surface area contributed by atoms with Gasteiger partial charge in [0, 0.05) is 40.7 Å². The van der Waals surface area contributed by atoms with Gasteiger partial charge in [0.15, 0.2) is 5.78 Å². The fourth-order valence-corrected chi connectivity index (χ4v) is 4.98. The summed E-state index contributed by atoms with van der Waals surface area (Å²) in [7, 11) is 0. The topological polar surface area (TPSA) is 85.3 Å². The minimum Gasteiger partial charge on any atom is -0.477 e. The number of pyridine rings is 1. The van der Waals surface area contributed by atoms with Gasteiger partial charge in [0.05, 0.1) is 28.1 Å². The van der Waals surface area contributed by atoms with Crippen LogP contribution in [0.2, 0.25) is 5.02 Å². The number of carboxylic acids is 1. The van der Waals surface area contributed by atoms with Crippen LogP contribution in [0, 0.1) is 5.82 Å². The molecule has 3 aromatic heterocycles. The van der Waals surface area contributed by atoms with Crippen LogP contribution in [0.4, 0.5) is 4.39 Å². The number of Topliss-reactive ketones (excluding diaryl/α,β-unsaturated/α-hetero) is 1. The number of carbonyl (C=O) groups excluding carboxylic acids is 1. The van der Waals surface area contributed by atoms with Crippen molar-refractivity contribution < 1.29 is 23.5 Å². The zero-order valence-electron chi connectivity index (χ0n) is 18.1. The fraction of sp³-hybridized carbons (Fsp3) is 0.0741. The zero-order valence-corrected chi connectivity index (χ0v) is 18.8. The van der Waals surface area contributed by atoms with Gasteiger partial charge in [-0.1, -0.05) is 35.9 Å². The first-order valence-electron chi connectivity index (χ1n) is 10.8. The van der Waals surface area contributed by atoms with Crippen molar-refractivity contribution in [3.05, 3.63) is 94.7 Å². The van der Waals surface area contributed by atoms with Gasteiger partial charge in [0.2, 0.25) is 0 Å². The number of nitrogens with zero attached hydrogens (tertiary/aromatic N) is 2. The highest BCUT2D eigenvalue weighted by atomic mass is 35.5. The first kappa shape index (κ1) is 21.3. The van der Waals surface area contributed by atoms with Gasteiger partial charge in [-0.05, 0) is 35.9 Å². The molecule has 0 saturated heterocycles. The molecule has 0 fully saturated rings. The summed E-state index contributed by atoms with van der Waals surface area (Å²) < 4.78 is 22.2. The molecule has 0 aliphatic heterocycles. The number of carboxylic acid groups (broad SMARTS) is 1. The quantitative estimate of drug-likeness (QED) is 0.318. The normalized spacial score (nSPS) is 13.8. The number of hydrogen-bond donors (Lipinski definition) is 1. The zero-order chi connectivity index (χ0) is 24.3. The standard InChI is InChI=1S/C27H16ClFN2O4/c28-18-10-14-4-3-8-30-20(14)11-15(18)13-31-21-12-19(29)16-7-9-35-26(16)24(21)23(25(31)27(33)34)17-5-1-2-6-22(17)32/h1-5,7-12H,6,13H2,(H,33,34). The molecule has 3 heterocycles. The summed E-state index contributed by atoms with van der Waals surface area (Å²) >= 11 is 6.57. The first-order chi connectivity index (χ1) is 16.9. The van der Waals surface area contributed by atoms with Crippen molar-refractivity contribution in [3.63, 3.8) is 0 Å². The molecule has 0 atom stereocenters. The minimum absolute atomic E-state index is 0.0203. The maximum atomic E-state index is 15.1. The Morgan fingerprint density at radius 1 is 1.26 bits per heavy atom. The molecular formula is C27H16ClFN2O4. The average Bonchev–Trinajstić information content (AvgIpc) is 3.44. The summed E-state index contributed by atoms with van der Waals surface area (Å²) in [6.07, 6.45) is 8.14. The lowest BCUT2D eigenvalue weighted by Gasteiger charge is -2.13. The van der Waals surface area contributed by atoms with E-state index in [1.54, 1.807) is 42.6 Å². The van der Waals surface area contributed by atoms with Gasteiger partial charge in [0.25, 0.3) is 0 Å². The Morgan fingerprint density at radius 2 is 2.11 bits per heavy atom. The van der Waals surface area contributed by atoms with Gasteiger partial charge in [-0.2, -0.15) is 0 Å². The predicted octanol–water partition coefficient (Wildman–Crippen LogP) is 6.39. The van der Waals surface area contributed by atoms with E-state index < -0.39 is 11.8 Å². The number of rotatable bonds is 4. The van der Waals surface area contributed by atoms with E-state index >= 15 is 4.39 Å². The van der Waals surface area contributed by atoms with Crippen molar-refractivity contribution in [2.24, 2.45) is 0 Å². The van der Waals surface area contributed by atoms with E-state index in [1.165, 1.54) is 23.0 Å². The predicted molar refractivity (Wildman–Crippen MR) is 131 cm³/mol. The molecule has 172 valence electrons. The Kier molecular flexibility index (Phi) is 4.82. The molecule has 1 aliphatic rings. The van der Waals surface area contributed by atoms with Crippen LogP contribution in [0.15, 0.2) is 71.5 Å². The van der Waals surface area contributed by atoms with Crippen molar-refractivity contribution in [3.8, 4) is 0 Å². The van der Waals surface area contributed by atoms with E-state index in [-0.39, 0.29) is 52.1 Å². The number of fused-ring (bicyclic) bond motifs is 4. The number of allylic oxidation sites excluding steroid dienone is 4. The van der Waals surface area contributed by atoms with Crippen LogP contribution < -0.4 is 0 Å². The van der Waals surface area contributed by atoms with E-state index in [4.69, 9.17) is 16.0 Å². The number of benzene rings is 2. The third-order valence-corrected chi connectivity index (χ3v) is 6.64. The second-order valence-electron chi connectivity index (χ2n) is 8.31. The molecule has 0 unspecified atom stereocenters. The molecule has 6 rings (SSSR count). The number of hydrogen-bond acceptors (Lipinski definition) is 4. The van der Waals surface area contributed by atoms with Crippen LogP contribution in [0.1, 0.15) is 28.0 Å². The fourth-order valence-electron chi connectivity index (χ4n) is 4.75. The maximum Gasteiger partial charge on any atom is 0.353 e. The number of aromatic carboxylic acids is 1. The van der Waals surface area contributed by atoms with Crippen LogP contribution in [0.3, 0.4) is 0 Å². The summed E-state index contributed by atoms with van der Waals surface area (Å²) in [5, 5.41) is 12.2. The average molecular weight is 487 g/mol. The summed E-state index contributed by atoms with van der Waals surface area (Å²) in [5.74, 6) is -2.04. The molecule has 0 saturated carbocycles.